The maximum atomic E-state index is 11.1. The Labute approximate surface area is 241 Å². The number of ether oxygens (including phenoxy) is 6. The Morgan fingerprint density at radius 2 is 0.976 bits per heavy atom. The first-order valence-electron chi connectivity index (χ1n) is 13.9. The van der Waals surface area contributed by atoms with Crippen LogP contribution >= 0.6 is 0 Å². The minimum atomic E-state index is -1.60. The molecule has 42 heavy (non-hydrogen) atoms. The van der Waals surface area contributed by atoms with E-state index >= 15 is 0 Å². The van der Waals surface area contributed by atoms with Gasteiger partial charge in [-0.1, -0.05) is 0 Å². The Morgan fingerprint density at radius 1 is 0.524 bits per heavy atom. The number of hydrogen-bond donors (Lipinski definition) is 13. The number of nitrogens with two attached hydrogens (primary N) is 6. The standard InChI is InChI=1S/C23H46N6O13/c24-2-7-13(32)15(34)10(28)21(37-7)40-18-6(27)1-5(26)12(31)20(18)42-23-17(36)19(9(4-30)39-23)41-22-11(29)16(35)14(33)8(3-25)38-22/h5-23,30-36H,1-4,24-29H2/t5-,6-,7-,8-,9+,10-,11-,12-,13-,14-,15+,16+,17+,18-,19+,20+,21-,22-,23-/m0/s1. The van der Waals surface area contributed by atoms with E-state index < -0.39 is 123 Å². The lowest BCUT2D eigenvalue weighted by molar-refractivity contribution is -0.306. The fraction of sp³-hybridized carbons (Fsp3) is 1.00. The van der Waals surface area contributed by atoms with Gasteiger partial charge in [-0.2, -0.15) is 0 Å². The minimum absolute atomic E-state index is 0.0889. The summed E-state index contributed by atoms with van der Waals surface area (Å²) in [6.45, 7) is -0.967. The molecule has 0 bridgehead atoms. The number of aliphatic hydroxyl groups is 7. The lowest BCUT2D eigenvalue weighted by Gasteiger charge is -2.47. The second kappa shape index (κ2) is 14.1. The zero-order chi connectivity index (χ0) is 31.0. The minimum Gasteiger partial charge on any atom is -0.394 e. The fourth-order valence-corrected chi connectivity index (χ4v) is 5.74. The van der Waals surface area contributed by atoms with Crippen LogP contribution in [-0.2, 0) is 28.4 Å². The van der Waals surface area contributed by atoms with E-state index in [0.717, 1.165) is 0 Å². The fourth-order valence-electron chi connectivity index (χ4n) is 5.74. The molecule has 0 unspecified atom stereocenters. The molecule has 0 aromatic heterocycles. The van der Waals surface area contributed by atoms with Gasteiger partial charge in [0.1, 0.15) is 67.1 Å². The highest BCUT2D eigenvalue weighted by molar-refractivity contribution is 5.02. The molecule has 0 aromatic carbocycles. The van der Waals surface area contributed by atoms with Crippen molar-refractivity contribution in [1.29, 1.82) is 0 Å². The zero-order valence-electron chi connectivity index (χ0n) is 22.8. The van der Waals surface area contributed by atoms with Gasteiger partial charge in [0.2, 0.25) is 0 Å². The molecule has 0 radical (unpaired) electrons. The van der Waals surface area contributed by atoms with E-state index in [4.69, 9.17) is 62.8 Å². The Bertz CT molecular complexity index is 868. The Balaban J connectivity index is 1.50. The second-order valence-electron chi connectivity index (χ2n) is 11.2. The van der Waals surface area contributed by atoms with Gasteiger partial charge in [-0.3, -0.25) is 0 Å². The summed E-state index contributed by atoms with van der Waals surface area (Å²) in [6, 6.07) is -4.18. The number of rotatable bonds is 9. The lowest BCUT2D eigenvalue weighted by Crippen LogP contribution is -2.68. The van der Waals surface area contributed by atoms with Gasteiger partial charge in [-0.25, -0.2) is 0 Å². The summed E-state index contributed by atoms with van der Waals surface area (Å²) in [5.41, 5.74) is 35.6. The Kier molecular flexibility index (Phi) is 11.5. The average molecular weight is 615 g/mol. The van der Waals surface area contributed by atoms with Crippen LogP contribution in [0.2, 0.25) is 0 Å². The summed E-state index contributed by atoms with van der Waals surface area (Å²) >= 11 is 0. The summed E-state index contributed by atoms with van der Waals surface area (Å²) in [7, 11) is 0. The van der Waals surface area contributed by atoms with Crippen molar-refractivity contribution in [3.63, 3.8) is 0 Å². The lowest BCUT2D eigenvalue weighted by atomic mass is 9.84. The molecule has 3 aliphatic heterocycles. The summed E-state index contributed by atoms with van der Waals surface area (Å²) in [4.78, 5) is 0. The molecule has 19 N–H and O–H groups in total. The van der Waals surface area contributed by atoms with Gasteiger partial charge < -0.3 is 98.6 Å². The molecule has 4 rings (SSSR count). The normalized spacial score (nSPS) is 53.8. The highest BCUT2D eigenvalue weighted by Gasteiger charge is 2.54. The van der Waals surface area contributed by atoms with Crippen molar-refractivity contribution in [3.8, 4) is 0 Å². The number of aliphatic hydroxyl groups excluding tert-OH is 7. The molecule has 1 saturated carbocycles. The molecule has 1 aliphatic carbocycles. The van der Waals surface area contributed by atoms with Crippen LogP contribution in [0.15, 0.2) is 0 Å². The van der Waals surface area contributed by atoms with E-state index in [1.165, 1.54) is 0 Å². The van der Waals surface area contributed by atoms with E-state index in [9.17, 15) is 35.7 Å². The molecule has 4 fully saturated rings. The van der Waals surface area contributed by atoms with Crippen molar-refractivity contribution in [1.82, 2.24) is 0 Å². The van der Waals surface area contributed by atoms with Crippen LogP contribution in [0.1, 0.15) is 6.42 Å². The summed E-state index contributed by atoms with van der Waals surface area (Å²) in [6.07, 6.45) is -19.8. The van der Waals surface area contributed by atoms with Gasteiger partial charge in [0.05, 0.1) is 24.8 Å². The van der Waals surface area contributed by atoms with E-state index in [1.807, 2.05) is 0 Å². The van der Waals surface area contributed by atoms with E-state index in [0.29, 0.717) is 0 Å². The second-order valence-corrected chi connectivity index (χ2v) is 11.2. The van der Waals surface area contributed by atoms with Crippen molar-refractivity contribution < 1.29 is 64.2 Å². The molecule has 4 aliphatic rings. The quantitative estimate of drug-likeness (QED) is 0.115. The van der Waals surface area contributed by atoms with Crippen LogP contribution < -0.4 is 34.4 Å². The molecule has 19 heteroatoms. The molecule has 3 heterocycles. The van der Waals surface area contributed by atoms with Crippen LogP contribution in [0.25, 0.3) is 0 Å². The Morgan fingerprint density at radius 3 is 1.45 bits per heavy atom. The first-order valence-corrected chi connectivity index (χ1v) is 13.9. The monoisotopic (exact) mass is 614 g/mol. The van der Waals surface area contributed by atoms with E-state index in [2.05, 4.69) is 0 Å². The van der Waals surface area contributed by atoms with Gasteiger partial charge in [0.25, 0.3) is 0 Å². The predicted octanol–water partition coefficient (Wildman–Crippen LogP) is -8.90. The molecule has 19 nitrogen and oxygen atoms in total. The van der Waals surface area contributed by atoms with E-state index in [1.54, 1.807) is 0 Å². The smallest absolute Gasteiger partial charge is 0.187 e. The van der Waals surface area contributed by atoms with Gasteiger partial charge in [0.15, 0.2) is 18.9 Å². The third kappa shape index (κ3) is 6.60. The maximum absolute atomic E-state index is 11.1. The summed E-state index contributed by atoms with van der Waals surface area (Å²) < 4.78 is 34.6. The van der Waals surface area contributed by atoms with Crippen LogP contribution in [0, 0.1) is 0 Å². The highest BCUT2D eigenvalue weighted by Crippen LogP contribution is 2.34. The van der Waals surface area contributed by atoms with Gasteiger partial charge in [-0.05, 0) is 6.42 Å². The molecular formula is C23H46N6O13. The average Bonchev–Trinajstić information content (AvgIpc) is 3.27. The van der Waals surface area contributed by atoms with Gasteiger partial charge >= 0.3 is 0 Å². The first-order chi connectivity index (χ1) is 19.8. The molecule has 0 aromatic rings. The molecule has 246 valence electrons. The van der Waals surface area contributed by atoms with E-state index in [-0.39, 0.29) is 19.5 Å². The molecule has 0 spiro atoms. The molecular weight excluding hydrogens is 568 g/mol. The van der Waals surface area contributed by atoms with Crippen LogP contribution in [0.5, 0.6) is 0 Å². The third-order valence-electron chi connectivity index (χ3n) is 8.37. The Hall–Kier alpha value is -0.760. The van der Waals surface area contributed by atoms with Gasteiger partial charge in [-0.15, -0.1) is 0 Å². The van der Waals surface area contributed by atoms with Crippen molar-refractivity contribution in [2.45, 2.75) is 123 Å². The molecule has 3 saturated heterocycles. The molecule has 0 amide bonds. The zero-order valence-corrected chi connectivity index (χ0v) is 22.8. The third-order valence-corrected chi connectivity index (χ3v) is 8.37. The van der Waals surface area contributed by atoms with Gasteiger partial charge in [0, 0.05) is 25.2 Å². The summed E-state index contributed by atoms with van der Waals surface area (Å²) in [5.74, 6) is 0. The van der Waals surface area contributed by atoms with Crippen LogP contribution in [0.3, 0.4) is 0 Å². The topological polar surface area (TPSA) is 353 Å². The van der Waals surface area contributed by atoms with Crippen molar-refractivity contribution in [2.75, 3.05) is 19.7 Å². The first kappa shape index (κ1) is 34.1. The van der Waals surface area contributed by atoms with Crippen molar-refractivity contribution in [3.05, 3.63) is 0 Å². The van der Waals surface area contributed by atoms with Crippen LogP contribution in [-0.4, -0.2) is 172 Å². The highest BCUT2D eigenvalue weighted by atomic mass is 16.8. The van der Waals surface area contributed by atoms with Crippen LogP contribution in [0.4, 0.5) is 0 Å². The van der Waals surface area contributed by atoms with Crippen molar-refractivity contribution in [2.24, 2.45) is 34.4 Å². The largest absolute Gasteiger partial charge is 0.394 e. The molecule has 19 atom stereocenters. The maximum Gasteiger partial charge on any atom is 0.187 e. The summed E-state index contributed by atoms with van der Waals surface area (Å²) in [5, 5.41) is 73.0. The number of hydrogen-bond acceptors (Lipinski definition) is 19. The predicted molar refractivity (Wildman–Crippen MR) is 138 cm³/mol. The SMILES string of the molecule is NC[C@@H]1O[C@@H](O[C@@H]2[C@H](O[C@@H]3O[C@H](CO)[C@@H](O[C@@H]4O[C@@H](CN)[C@H](O)[C@H](O)[C@@H]4N)[C@H]3O)[C@@H](O)[C@@H](N)C[C@@H]2N)[C@@H](N)[C@@H](O)[C@H]1O. The van der Waals surface area contributed by atoms with Crippen molar-refractivity contribution >= 4 is 0 Å².